The fourth-order valence-electron chi connectivity index (χ4n) is 3.14. The molecule has 2 amide bonds. The predicted molar refractivity (Wildman–Crippen MR) is 110 cm³/mol. The Hall–Kier alpha value is -1.92. The number of nitrogens with two attached hydrogens (primary N) is 2. The van der Waals surface area contributed by atoms with Gasteiger partial charge >= 0.3 is 0 Å². The van der Waals surface area contributed by atoms with Gasteiger partial charge < -0.3 is 22.1 Å². The molecule has 0 aromatic heterocycles. The normalized spacial score (nSPS) is 15.2. The molecule has 6 nitrogen and oxygen atoms in total. The summed E-state index contributed by atoms with van der Waals surface area (Å²) in [6, 6.07) is 9.75. The monoisotopic (exact) mass is 376 g/mol. The van der Waals surface area contributed by atoms with E-state index in [1.54, 1.807) is 0 Å². The van der Waals surface area contributed by atoms with E-state index in [2.05, 4.69) is 29.7 Å². The summed E-state index contributed by atoms with van der Waals surface area (Å²) in [6.45, 7) is 3.19. The van der Waals surface area contributed by atoms with Crippen molar-refractivity contribution in [3.8, 4) is 0 Å². The van der Waals surface area contributed by atoms with Crippen LogP contribution in [0.15, 0.2) is 30.3 Å². The molecule has 27 heavy (non-hydrogen) atoms. The van der Waals surface area contributed by atoms with Gasteiger partial charge in [-0.1, -0.05) is 55.2 Å². The molecule has 1 saturated carbocycles. The molecule has 6 heteroatoms. The van der Waals surface area contributed by atoms with Gasteiger partial charge in [0, 0.05) is 6.54 Å². The molecular weight excluding hydrogens is 340 g/mol. The second-order valence-corrected chi connectivity index (χ2v) is 7.16. The SMILES string of the molecule is Cc1ccccc1.NCCCC(NC(=O)CN)C(=O)NCC1CCCCC1. The lowest BCUT2D eigenvalue weighted by atomic mass is 9.89. The maximum absolute atomic E-state index is 12.1. The molecular formula is C21H36N4O2. The lowest BCUT2D eigenvalue weighted by molar-refractivity contribution is -0.128. The smallest absolute Gasteiger partial charge is 0.242 e. The maximum atomic E-state index is 12.1. The molecule has 1 unspecified atom stereocenters. The van der Waals surface area contributed by atoms with Crippen LogP contribution in [0, 0.1) is 12.8 Å². The first-order valence-electron chi connectivity index (χ1n) is 10.1. The Balaban J connectivity index is 0.000000433. The number of carbonyl (C=O) groups is 2. The van der Waals surface area contributed by atoms with Gasteiger partial charge in [0.2, 0.25) is 11.8 Å². The van der Waals surface area contributed by atoms with Gasteiger partial charge in [-0.2, -0.15) is 0 Å². The highest BCUT2D eigenvalue weighted by Crippen LogP contribution is 2.22. The number of benzene rings is 1. The van der Waals surface area contributed by atoms with Crippen LogP contribution >= 0.6 is 0 Å². The zero-order valence-corrected chi connectivity index (χ0v) is 16.6. The summed E-state index contributed by atoms with van der Waals surface area (Å²) in [5.74, 6) is 0.152. The average molecular weight is 377 g/mol. The van der Waals surface area contributed by atoms with E-state index >= 15 is 0 Å². The minimum atomic E-state index is -0.516. The van der Waals surface area contributed by atoms with Gasteiger partial charge in [0.1, 0.15) is 6.04 Å². The third-order valence-corrected chi connectivity index (χ3v) is 4.76. The Bertz CT molecular complexity index is 530. The third-order valence-electron chi connectivity index (χ3n) is 4.76. The molecule has 0 heterocycles. The van der Waals surface area contributed by atoms with Crippen LogP contribution in [0.2, 0.25) is 0 Å². The van der Waals surface area contributed by atoms with Crippen molar-refractivity contribution in [1.82, 2.24) is 10.6 Å². The van der Waals surface area contributed by atoms with Crippen LogP contribution in [-0.2, 0) is 9.59 Å². The summed E-state index contributed by atoms with van der Waals surface area (Å²) in [7, 11) is 0. The summed E-state index contributed by atoms with van der Waals surface area (Å²) in [4.78, 5) is 23.5. The number of hydrogen-bond donors (Lipinski definition) is 4. The van der Waals surface area contributed by atoms with Crippen LogP contribution in [0.25, 0.3) is 0 Å². The first-order chi connectivity index (χ1) is 13.1. The van der Waals surface area contributed by atoms with Gasteiger partial charge in [0.05, 0.1) is 6.54 Å². The standard InChI is InChI=1S/C14H28N4O2.C7H8/c15-8-4-7-12(18-13(19)9-16)14(20)17-10-11-5-2-1-3-6-11;1-7-5-3-2-4-6-7/h11-12H,1-10,15-16H2,(H,17,20)(H,18,19);2-6H,1H3. The quantitative estimate of drug-likeness (QED) is 0.555. The molecule has 2 rings (SSSR count). The van der Waals surface area contributed by atoms with Crippen molar-refractivity contribution in [3.05, 3.63) is 35.9 Å². The van der Waals surface area contributed by atoms with E-state index < -0.39 is 6.04 Å². The lowest BCUT2D eigenvalue weighted by Crippen LogP contribution is -2.49. The first-order valence-corrected chi connectivity index (χ1v) is 10.1. The molecule has 1 aromatic carbocycles. The van der Waals surface area contributed by atoms with Crippen molar-refractivity contribution in [2.24, 2.45) is 17.4 Å². The third kappa shape index (κ3) is 10.7. The van der Waals surface area contributed by atoms with E-state index in [9.17, 15) is 9.59 Å². The Kier molecular flexibility index (Phi) is 12.1. The van der Waals surface area contributed by atoms with Gasteiger partial charge in [-0.15, -0.1) is 0 Å². The number of amides is 2. The highest BCUT2D eigenvalue weighted by Gasteiger charge is 2.21. The number of hydrogen-bond acceptors (Lipinski definition) is 4. The van der Waals surface area contributed by atoms with Crippen LogP contribution in [0.1, 0.15) is 50.5 Å². The zero-order chi connectivity index (χ0) is 19.9. The molecule has 0 spiro atoms. The summed E-state index contributed by atoms with van der Waals surface area (Å²) in [5.41, 5.74) is 12.1. The predicted octanol–water partition coefficient (Wildman–Crippen LogP) is 1.86. The van der Waals surface area contributed by atoms with E-state index in [1.165, 1.54) is 37.7 Å². The minimum Gasteiger partial charge on any atom is -0.354 e. The van der Waals surface area contributed by atoms with Gasteiger partial charge in [0.25, 0.3) is 0 Å². The van der Waals surface area contributed by atoms with Crippen LogP contribution in [0.3, 0.4) is 0 Å². The van der Waals surface area contributed by atoms with Crippen LogP contribution in [-0.4, -0.2) is 37.5 Å². The van der Waals surface area contributed by atoms with Gasteiger partial charge in [-0.05, 0) is 45.1 Å². The summed E-state index contributed by atoms with van der Waals surface area (Å²) in [6.07, 6.45) is 7.43. The molecule has 0 saturated heterocycles. The Morgan fingerprint density at radius 3 is 2.30 bits per heavy atom. The van der Waals surface area contributed by atoms with Crippen molar-refractivity contribution in [2.75, 3.05) is 19.6 Å². The van der Waals surface area contributed by atoms with E-state index in [4.69, 9.17) is 11.5 Å². The average Bonchev–Trinajstić information content (AvgIpc) is 2.71. The minimum absolute atomic E-state index is 0.102. The van der Waals surface area contributed by atoms with E-state index in [0.29, 0.717) is 31.8 Å². The fraction of sp³-hybridized carbons (Fsp3) is 0.619. The van der Waals surface area contributed by atoms with Crippen LogP contribution in [0.4, 0.5) is 0 Å². The summed E-state index contributed by atoms with van der Waals surface area (Å²) < 4.78 is 0. The van der Waals surface area contributed by atoms with Crippen molar-refractivity contribution in [3.63, 3.8) is 0 Å². The molecule has 1 aliphatic carbocycles. The maximum Gasteiger partial charge on any atom is 0.242 e. The van der Waals surface area contributed by atoms with Crippen molar-refractivity contribution >= 4 is 11.8 Å². The fourth-order valence-corrected chi connectivity index (χ4v) is 3.14. The van der Waals surface area contributed by atoms with Crippen LogP contribution in [0.5, 0.6) is 0 Å². The van der Waals surface area contributed by atoms with Gasteiger partial charge in [-0.25, -0.2) is 0 Å². The molecule has 1 aromatic rings. The molecule has 152 valence electrons. The zero-order valence-electron chi connectivity index (χ0n) is 16.6. The van der Waals surface area contributed by atoms with Crippen LogP contribution < -0.4 is 22.1 Å². The topological polar surface area (TPSA) is 110 Å². The van der Waals surface area contributed by atoms with Gasteiger partial charge in [-0.3, -0.25) is 9.59 Å². The Morgan fingerprint density at radius 2 is 1.78 bits per heavy atom. The molecule has 0 bridgehead atoms. The second-order valence-electron chi connectivity index (χ2n) is 7.16. The molecule has 0 aliphatic heterocycles. The van der Waals surface area contributed by atoms with E-state index in [0.717, 1.165) is 0 Å². The molecule has 0 radical (unpaired) electrons. The number of aryl methyl sites for hydroxylation is 1. The van der Waals surface area contributed by atoms with Crippen molar-refractivity contribution in [1.29, 1.82) is 0 Å². The van der Waals surface area contributed by atoms with E-state index in [1.807, 2.05) is 18.2 Å². The van der Waals surface area contributed by atoms with Gasteiger partial charge in [0.15, 0.2) is 0 Å². The molecule has 6 N–H and O–H groups in total. The second kappa shape index (κ2) is 14.2. The molecule has 1 fully saturated rings. The Labute approximate surface area is 163 Å². The van der Waals surface area contributed by atoms with Crippen molar-refractivity contribution in [2.45, 2.75) is 57.9 Å². The lowest BCUT2D eigenvalue weighted by Gasteiger charge is -2.24. The summed E-state index contributed by atoms with van der Waals surface area (Å²) in [5, 5.41) is 5.61. The molecule has 1 aliphatic rings. The number of carbonyl (C=O) groups excluding carboxylic acids is 2. The number of rotatable bonds is 8. The summed E-state index contributed by atoms with van der Waals surface area (Å²) >= 11 is 0. The number of nitrogens with one attached hydrogen (secondary N) is 2. The highest BCUT2D eigenvalue weighted by atomic mass is 16.2. The first kappa shape index (κ1) is 23.1. The highest BCUT2D eigenvalue weighted by molar-refractivity contribution is 5.88. The Morgan fingerprint density at radius 1 is 1.11 bits per heavy atom. The van der Waals surface area contributed by atoms with E-state index in [-0.39, 0.29) is 18.4 Å². The largest absolute Gasteiger partial charge is 0.354 e. The molecule has 1 atom stereocenters. The van der Waals surface area contributed by atoms with Crippen molar-refractivity contribution < 1.29 is 9.59 Å².